The first-order valence-electron chi connectivity index (χ1n) is 6.94. The Morgan fingerprint density at radius 1 is 1.08 bits per heavy atom. The highest BCUT2D eigenvalue weighted by Gasteiger charge is 2.12. The number of nitrogens with zero attached hydrogens (tertiary/aromatic N) is 2. The first-order valence-corrected chi connectivity index (χ1v) is 8.08. The van der Waals surface area contributed by atoms with Gasteiger partial charge in [-0.2, -0.15) is 10.5 Å². The SMILES string of the molecule is COc1ccc(C=C(C#N)C#N)cc1COc1c(Cl)cc(Cl)cc1Cl. The summed E-state index contributed by atoms with van der Waals surface area (Å²) in [4.78, 5) is 0. The van der Waals surface area contributed by atoms with Crippen LogP contribution in [0.2, 0.25) is 15.1 Å². The van der Waals surface area contributed by atoms with E-state index in [2.05, 4.69) is 0 Å². The van der Waals surface area contributed by atoms with E-state index < -0.39 is 0 Å². The normalized spacial score (nSPS) is 9.68. The second-order valence-electron chi connectivity index (χ2n) is 4.84. The molecule has 0 spiro atoms. The molecule has 0 N–H and O–H groups in total. The molecule has 0 aromatic heterocycles. The minimum absolute atomic E-state index is 0.000764. The number of halogens is 3. The number of hydrogen-bond acceptors (Lipinski definition) is 4. The third-order valence-corrected chi connectivity index (χ3v) is 3.97. The van der Waals surface area contributed by atoms with E-state index in [0.29, 0.717) is 37.7 Å². The highest BCUT2D eigenvalue weighted by Crippen LogP contribution is 2.36. The predicted molar refractivity (Wildman–Crippen MR) is 98.0 cm³/mol. The van der Waals surface area contributed by atoms with Gasteiger partial charge in [0, 0.05) is 10.6 Å². The van der Waals surface area contributed by atoms with Crippen LogP contribution in [-0.2, 0) is 6.61 Å². The molecule has 25 heavy (non-hydrogen) atoms. The van der Waals surface area contributed by atoms with Gasteiger partial charge in [0.15, 0.2) is 5.75 Å². The van der Waals surface area contributed by atoms with Crippen LogP contribution in [0, 0.1) is 22.7 Å². The van der Waals surface area contributed by atoms with E-state index in [-0.39, 0.29) is 12.2 Å². The monoisotopic (exact) mass is 392 g/mol. The molecule has 0 aliphatic carbocycles. The number of benzene rings is 2. The maximum atomic E-state index is 8.86. The van der Waals surface area contributed by atoms with Gasteiger partial charge in [-0.15, -0.1) is 0 Å². The van der Waals surface area contributed by atoms with Crippen molar-refractivity contribution in [2.75, 3.05) is 7.11 Å². The molecule has 0 radical (unpaired) electrons. The number of methoxy groups -OCH3 is 1. The van der Waals surface area contributed by atoms with Crippen LogP contribution in [0.3, 0.4) is 0 Å². The topological polar surface area (TPSA) is 66.0 Å². The lowest BCUT2D eigenvalue weighted by molar-refractivity contribution is 0.297. The van der Waals surface area contributed by atoms with E-state index in [1.807, 2.05) is 12.1 Å². The maximum Gasteiger partial charge on any atom is 0.157 e. The molecule has 0 aliphatic rings. The number of rotatable bonds is 5. The third kappa shape index (κ3) is 4.81. The summed E-state index contributed by atoms with van der Waals surface area (Å²) >= 11 is 18.1. The van der Waals surface area contributed by atoms with Gasteiger partial charge in [0.05, 0.1) is 17.2 Å². The quantitative estimate of drug-likeness (QED) is 0.614. The fraction of sp³-hybridized carbons (Fsp3) is 0.111. The van der Waals surface area contributed by atoms with Gasteiger partial charge < -0.3 is 9.47 Å². The number of allylic oxidation sites excluding steroid dienone is 1. The van der Waals surface area contributed by atoms with Crippen molar-refractivity contribution in [3.05, 3.63) is 62.1 Å². The molecule has 7 heteroatoms. The fourth-order valence-electron chi connectivity index (χ4n) is 2.07. The molecule has 0 saturated heterocycles. The summed E-state index contributed by atoms with van der Waals surface area (Å²) in [6.07, 6.45) is 1.48. The van der Waals surface area contributed by atoms with Gasteiger partial charge in [-0.25, -0.2) is 0 Å². The zero-order valence-electron chi connectivity index (χ0n) is 13.0. The molecule has 0 heterocycles. The van der Waals surface area contributed by atoms with Crippen LogP contribution in [0.4, 0.5) is 0 Å². The van der Waals surface area contributed by atoms with Crippen LogP contribution in [-0.4, -0.2) is 7.11 Å². The van der Waals surface area contributed by atoms with E-state index >= 15 is 0 Å². The highest BCUT2D eigenvalue weighted by atomic mass is 35.5. The van der Waals surface area contributed by atoms with Crippen LogP contribution in [0.5, 0.6) is 11.5 Å². The summed E-state index contributed by atoms with van der Waals surface area (Å²) in [5.41, 5.74) is 1.38. The third-order valence-electron chi connectivity index (χ3n) is 3.19. The van der Waals surface area contributed by atoms with Crippen molar-refractivity contribution in [2.45, 2.75) is 6.61 Å². The summed E-state index contributed by atoms with van der Waals surface area (Å²) in [6, 6.07) is 11.9. The van der Waals surface area contributed by atoms with Gasteiger partial charge in [0.1, 0.15) is 30.1 Å². The molecule has 0 saturated carbocycles. The minimum Gasteiger partial charge on any atom is -0.496 e. The van der Waals surface area contributed by atoms with Crippen LogP contribution >= 0.6 is 34.8 Å². The van der Waals surface area contributed by atoms with Crippen molar-refractivity contribution in [3.8, 4) is 23.6 Å². The summed E-state index contributed by atoms with van der Waals surface area (Å²) < 4.78 is 11.0. The van der Waals surface area contributed by atoms with Crippen LogP contribution in [0.15, 0.2) is 35.9 Å². The summed E-state index contributed by atoms with van der Waals surface area (Å²) in [7, 11) is 1.53. The van der Waals surface area contributed by atoms with E-state index in [0.717, 1.165) is 0 Å². The summed E-state index contributed by atoms with van der Waals surface area (Å²) in [5.74, 6) is 0.902. The first kappa shape index (κ1) is 19.0. The highest BCUT2D eigenvalue weighted by molar-refractivity contribution is 6.40. The summed E-state index contributed by atoms with van der Waals surface area (Å²) in [6.45, 7) is 0.125. The zero-order valence-corrected chi connectivity index (χ0v) is 15.3. The van der Waals surface area contributed by atoms with E-state index in [1.54, 1.807) is 18.2 Å². The lowest BCUT2D eigenvalue weighted by atomic mass is 10.1. The second-order valence-corrected chi connectivity index (χ2v) is 6.09. The Kier molecular flexibility index (Phi) is 6.56. The van der Waals surface area contributed by atoms with E-state index in [9.17, 15) is 0 Å². The Labute approximate surface area is 160 Å². The molecule has 4 nitrogen and oxygen atoms in total. The predicted octanol–water partition coefficient (Wildman–Crippen LogP) is 5.66. The van der Waals surface area contributed by atoms with Crippen LogP contribution < -0.4 is 9.47 Å². The van der Waals surface area contributed by atoms with Crippen molar-refractivity contribution in [1.82, 2.24) is 0 Å². The van der Waals surface area contributed by atoms with Gasteiger partial charge in [0.25, 0.3) is 0 Å². The van der Waals surface area contributed by atoms with Gasteiger partial charge in [-0.3, -0.25) is 0 Å². The maximum absolute atomic E-state index is 8.86. The minimum atomic E-state index is 0.000764. The molecular formula is C18H11Cl3N2O2. The zero-order chi connectivity index (χ0) is 18.4. The molecule has 2 rings (SSSR count). The van der Waals surface area contributed by atoms with Crippen molar-refractivity contribution < 1.29 is 9.47 Å². The smallest absolute Gasteiger partial charge is 0.157 e. The Balaban J connectivity index is 2.32. The average Bonchev–Trinajstić information content (AvgIpc) is 2.58. The lowest BCUT2D eigenvalue weighted by Crippen LogP contribution is -2.00. The molecule has 0 atom stereocenters. The largest absolute Gasteiger partial charge is 0.496 e. The van der Waals surface area contributed by atoms with Crippen LogP contribution in [0.1, 0.15) is 11.1 Å². The number of nitriles is 2. The average molecular weight is 394 g/mol. The molecule has 126 valence electrons. The fourth-order valence-corrected chi connectivity index (χ4v) is 3.00. The molecule has 0 amide bonds. The van der Waals surface area contributed by atoms with Crippen molar-refractivity contribution in [1.29, 1.82) is 10.5 Å². The lowest BCUT2D eigenvalue weighted by Gasteiger charge is -2.13. The van der Waals surface area contributed by atoms with E-state index in [1.165, 1.54) is 25.3 Å². The standard InChI is InChI=1S/C18H11Cl3N2O2/c1-24-17-3-2-11(4-12(8-22)9-23)5-13(17)10-25-18-15(20)6-14(19)7-16(18)21/h2-7H,10H2,1H3. The van der Waals surface area contributed by atoms with Gasteiger partial charge in [-0.05, 0) is 35.9 Å². The van der Waals surface area contributed by atoms with Gasteiger partial charge in [-0.1, -0.05) is 40.9 Å². The Bertz CT molecular complexity index is 873. The Hall–Kier alpha value is -2.37. The van der Waals surface area contributed by atoms with Crippen LogP contribution in [0.25, 0.3) is 6.08 Å². The Morgan fingerprint density at radius 3 is 2.28 bits per heavy atom. The van der Waals surface area contributed by atoms with E-state index in [4.69, 9.17) is 54.8 Å². The van der Waals surface area contributed by atoms with Gasteiger partial charge >= 0.3 is 0 Å². The molecule has 0 bridgehead atoms. The first-order chi connectivity index (χ1) is 12.0. The summed E-state index contributed by atoms with van der Waals surface area (Å²) in [5, 5.41) is 18.7. The molecule has 0 unspecified atom stereocenters. The van der Waals surface area contributed by atoms with Crippen molar-refractivity contribution in [3.63, 3.8) is 0 Å². The molecular weight excluding hydrogens is 383 g/mol. The molecule has 2 aromatic rings. The Morgan fingerprint density at radius 2 is 1.72 bits per heavy atom. The van der Waals surface area contributed by atoms with Gasteiger partial charge in [0.2, 0.25) is 0 Å². The number of hydrogen-bond donors (Lipinski definition) is 0. The van der Waals surface area contributed by atoms with Crippen molar-refractivity contribution in [2.24, 2.45) is 0 Å². The molecule has 2 aromatic carbocycles. The number of ether oxygens (including phenoxy) is 2. The molecule has 0 fully saturated rings. The second kappa shape index (κ2) is 8.65. The van der Waals surface area contributed by atoms with Crippen molar-refractivity contribution >= 4 is 40.9 Å². The molecule has 0 aliphatic heterocycles.